The number of guanidine groups is 1. The first-order valence-electron chi connectivity index (χ1n) is 7.31. The van der Waals surface area contributed by atoms with Crippen molar-refractivity contribution in [2.75, 3.05) is 25.9 Å². The number of hydrogen-bond donors (Lipinski definition) is 3. The normalized spacial score (nSPS) is 17.2. The van der Waals surface area contributed by atoms with E-state index in [2.05, 4.69) is 24.1 Å². The molecular formula is C12H20N8O2S3. The van der Waals surface area contributed by atoms with Crippen LogP contribution in [0.25, 0.3) is 0 Å². The summed E-state index contributed by atoms with van der Waals surface area (Å²) in [5, 5.41) is 0.533. The Labute approximate surface area is 154 Å². The van der Waals surface area contributed by atoms with Gasteiger partial charge in [-0.05, 0) is 6.92 Å². The Morgan fingerprint density at radius 1 is 1.48 bits per heavy atom. The highest BCUT2D eigenvalue weighted by Crippen LogP contribution is 2.24. The molecular weight excluding hydrogens is 384 g/mol. The summed E-state index contributed by atoms with van der Waals surface area (Å²) in [5.74, 6) is 2.18. The summed E-state index contributed by atoms with van der Waals surface area (Å²) < 4.78 is 29.2. The van der Waals surface area contributed by atoms with Crippen molar-refractivity contribution < 1.29 is 8.42 Å². The number of amidine groups is 2. The van der Waals surface area contributed by atoms with Crippen LogP contribution in [-0.2, 0) is 16.0 Å². The number of hydrogen-bond acceptors (Lipinski definition) is 8. The number of aromatic nitrogens is 1. The van der Waals surface area contributed by atoms with E-state index >= 15 is 0 Å². The topological polar surface area (TPSA) is 151 Å². The van der Waals surface area contributed by atoms with Crippen molar-refractivity contribution in [1.29, 1.82) is 0 Å². The standard InChI is InChI=1S/C12H20N8O2S3/c1-3-20(10-9(15-2)18-25(21,22)19-10)4-5-23-7-8-6-16-12(24-8)17-11(13)14/h6H,3-5,7H2,1-2H3,(H,15,18)(H4,13,14,16,17). The van der Waals surface area contributed by atoms with Crippen LogP contribution in [0.3, 0.4) is 0 Å². The number of rotatable bonds is 7. The monoisotopic (exact) mass is 404 g/mol. The maximum atomic E-state index is 11.6. The van der Waals surface area contributed by atoms with E-state index in [9.17, 15) is 8.42 Å². The second-order valence-electron chi connectivity index (χ2n) is 4.84. The second kappa shape index (κ2) is 8.49. The Morgan fingerprint density at radius 2 is 2.24 bits per heavy atom. The third kappa shape index (κ3) is 5.57. The molecule has 0 saturated heterocycles. The third-order valence-electron chi connectivity index (χ3n) is 3.06. The molecule has 0 bridgehead atoms. The van der Waals surface area contributed by atoms with Gasteiger partial charge < -0.3 is 16.4 Å². The molecule has 138 valence electrons. The molecule has 1 aliphatic heterocycles. The Bertz CT molecular complexity index is 795. The average molecular weight is 405 g/mol. The van der Waals surface area contributed by atoms with Crippen LogP contribution in [0, 0.1) is 0 Å². The van der Waals surface area contributed by atoms with Gasteiger partial charge in [-0.15, -0.1) is 4.40 Å². The Kier molecular flexibility index (Phi) is 6.61. The maximum Gasteiger partial charge on any atom is 0.345 e. The van der Waals surface area contributed by atoms with Gasteiger partial charge in [0.25, 0.3) is 0 Å². The minimum Gasteiger partial charge on any atom is -0.370 e. The van der Waals surface area contributed by atoms with E-state index in [1.807, 2.05) is 11.8 Å². The van der Waals surface area contributed by atoms with Gasteiger partial charge in [-0.2, -0.15) is 25.2 Å². The summed E-state index contributed by atoms with van der Waals surface area (Å²) in [7, 11) is -2.15. The zero-order valence-electron chi connectivity index (χ0n) is 13.8. The molecule has 0 spiro atoms. The largest absolute Gasteiger partial charge is 0.370 e. The zero-order valence-corrected chi connectivity index (χ0v) is 16.3. The van der Waals surface area contributed by atoms with Gasteiger partial charge in [0.2, 0.25) is 5.13 Å². The first kappa shape index (κ1) is 19.5. The molecule has 0 aromatic carbocycles. The fourth-order valence-electron chi connectivity index (χ4n) is 1.99. The molecule has 0 unspecified atom stereocenters. The minimum atomic E-state index is -3.67. The predicted octanol–water partition coefficient (Wildman–Crippen LogP) is -0.122. The molecule has 1 aromatic heterocycles. The van der Waals surface area contributed by atoms with Crippen molar-refractivity contribution in [2.45, 2.75) is 12.7 Å². The number of nitrogens with zero attached hydrogens (tertiary/aromatic N) is 5. The summed E-state index contributed by atoms with van der Waals surface area (Å²) in [6.45, 7) is 3.22. The summed E-state index contributed by atoms with van der Waals surface area (Å²) in [6.07, 6.45) is 1.75. The molecule has 0 amide bonds. The van der Waals surface area contributed by atoms with Crippen LogP contribution in [0.15, 0.2) is 20.6 Å². The highest BCUT2D eigenvalue weighted by atomic mass is 32.2. The Hall–Kier alpha value is -1.86. The van der Waals surface area contributed by atoms with Crippen LogP contribution in [0.5, 0.6) is 0 Å². The molecule has 10 nitrogen and oxygen atoms in total. The van der Waals surface area contributed by atoms with Gasteiger partial charge >= 0.3 is 10.2 Å². The lowest BCUT2D eigenvalue weighted by atomic mass is 10.4. The first-order chi connectivity index (χ1) is 11.8. The highest BCUT2D eigenvalue weighted by molar-refractivity contribution is 7.98. The van der Waals surface area contributed by atoms with Gasteiger partial charge in [0.1, 0.15) is 0 Å². The van der Waals surface area contributed by atoms with Gasteiger partial charge in [-0.3, -0.25) is 4.99 Å². The van der Waals surface area contributed by atoms with Gasteiger partial charge in [-0.1, -0.05) is 11.3 Å². The second-order valence-corrected chi connectivity index (χ2v) is 8.38. The minimum absolute atomic E-state index is 0.0126. The van der Waals surface area contributed by atoms with Crippen LogP contribution in [0.4, 0.5) is 5.13 Å². The van der Waals surface area contributed by atoms with E-state index in [1.54, 1.807) is 18.0 Å². The van der Waals surface area contributed by atoms with Crippen LogP contribution >= 0.6 is 23.1 Å². The molecule has 0 aliphatic carbocycles. The van der Waals surface area contributed by atoms with E-state index in [4.69, 9.17) is 11.5 Å². The van der Waals surface area contributed by atoms with E-state index in [0.29, 0.717) is 24.1 Å². The number of likely N-dealkylation sites (N-methyl/N-ethyl adjacent to an activating group) is 1. The SMILES string of the molecule is CCN(CCSCc1cnc(N=C(N)N)s1)C1=NS(=O)(=O)NC1=NC. The molecule has 1 aliphatic rings. The Morgan fingerprint density at radius 3 is 2.88 bits per heavy atom. The highest BCUT2D eigenvalue weighted by Gasteiger charge is 2.29. The quantitative estimate of drug-likeness (QED) is 0.325. The van der Waals surface area contributed by atoms with E-state index in [-0.39, 0.29) is 11.8 Å². The van der Waals surface area contributed by atoms with Crippen LogP contribution < -0.4 is 16.2 Å². The number of thiazole rings is 1. The molecule has 0 atom stereocenters. The van der Waals surface area contributed by atoms with Gasteiger partial charge in [-0.25, -0.2) is 9.71 Å². The zero-order chi connectivity index (χ0) is 18.4. The summed E-state index contributed by atoms with van der Waals surface area (Å²) >= 11 is 3.13. The van der Waals surface area contributed by atoms with Gasteiger partial charge in [0, 0.05) is 42.7 Å². The lowest BCUT2D eigenvalue weighted by Crippen LogP contribution is -2.40. The van der Waals surface area contributed by atoms with Crippen LogP contribution in [0.2, 0.25) is 0 Å². The molecule has 13 heteroatoms. The molecule has 2 rings (SSSR count). The molecule has 5 N–H and O–H groups in total. The molecule has 0 radical (unpaired) electrons. The lowest BCUT2D eigenvalue weighted by Gasteiger charge is -2.21. The first-order valence-corrected chi connectivity index (χ1v) is 10.7. The van der Waals surface area contributed by atoms with E-state index < -0.39 is 10.2 Å². The fraction of sp³-hybridized carbons (Fsp3) is 0.500. The van der Waals surface area contributed by atoms with Crippen LogP contribution in [-0.4, -0.2) is 61.8 Å². The average Bonchev–Trinajstić information content (AvgIpc) is 3.10. The third-order valence-corrected chi connectivity index (χ3v) is 5.99. The van der Waals surface area contributed by atoms with Crippen molar-refractivity contribution in [3.05, 3.63) is 11.1 Å². The summed E-state index contributed by atoms with van der Waals surface area (Å²) in [4.78, 5) is 14.9. The smallest absolute Gasteiger partial charge is 0.345 e. The van der Waals surface area contributed by atoms with Crippen molar-refractivity contribution >= 4 is 56.1 Å². The summed E-state index contributed by atoms with van der Waals surface area (Å²) in [5.41, 5.74) is 10.6. The number of aliphatic imine (C=N–C) groups is 2. The van der Waals surface area contributed by atoms with Crippen molar-refractivity contribution in [3.8, 4) is 0 Å². The predicted molar refractivity (Wildman–Crippen MR) is 104 cm³/mol. The number of nitrogens with two attached hydrogens (primary N) is 2. The lowest BCUT2D eigenvalue weighted by molar-refractivity contribution is 0.476. The maximum absolute atomic E-state index is 11.6. The van der Waals surface area contributed by atoms with Crippen molar-refractivity contribution in [3.63, 3.8) is 0 Å². The Balaban J connectivity index is 1.88. The summed E-state index contributed by atoms with van der Waals surface area (Å²) in [6, 6.07) is 0. The molecule has 25 heavy (non-hydrogen) atoms. The van der Waals surface area contributed by atoms with Crippen molar-refractivity contribution in [2.24, 2.45) is 25.8 Å². The van der Waals surface area contributed by atoms with E-state index in [1.165, 1.54) is 18.4 Å². The van der Waals surface area contributed by atoms with E-state index in [0.717, 1.165) is 16.4 Å². The van der Waals surface area contributed by atoms with Crippen molar-refractivity contribution in [1.82, 2.24) is 14.6 Å². The molecule has 1 aromatic rings. The van der Waals surface area contributed by atoms with Crippen LogP contribution in [0.1, 0.15) is 11.8 Å². The molecule has 0 saturated carbocycles. The molecule has 2 heterocycles. The van der Waals surface area contributed by atoms with Gasteiger partial charge in [0.15, 0.2) is 17.6 Å². The fourth-order valence-corrected chi connectivity index (χ4v) is 4.74. The number of nitrogens with one attached hydrogen (secondary N) is 1. The molecule has 0 fully saturated rings. The number of thioether (sulfide) groups is 1. The van der Waals surface area contributed by atoms with Gasteiger partial charge in [0.05, 0.1) is 0 Å².